The van der Waals surface area contributed by atoms with Gasteiger partial charge in [0.25, 0.3) is 0 Å². The van der Waals surface area contributed by atoms with Crippen LogP contribution < -0.4 is 4.90 Å². The summed E-state index contributed by atoms with van der Waals surface area (Å²) < 4.78 is 0. The van der Waals surface area contributed by atoms with Gasteiger partial charge in [-0.2, -0.15) is 0 Å². The second-order valence-corrected chi connectivity index (χ2v) is 4.29. The molecular weight excluding hydrogens is 260 g/mol. The second-order valence-electron chi connectivity index (χ2n) is 4.29. The number of hydrogen-bond acceptors (Lipinski definition) is 4. The molecule has 6 nitrogen and oxygen atoms in total. The largest absolute Gasteiger partial charge is 0.481 e. The highest BCUT2D eigenvalue weighted by molar-refractivity contribution is 5.96. The van der Waals surface area contributed by atoms with E-state index in [1.807, 2.05) is 11.8 Å². The Balaban J connectivity index is 2.47. The van der Waals surface area contributed by atoms with Crippen LogP contribution in [0, 0.1) is 0 Å². The minimum atomic E-state index is -1.01. The molecule has 20 heavy (non-hydrogen) atoms. The fraction of sp³-hybridized carbons (Fsp3) is 0.214. The summed E-state index contributed by atoms with van der Waals surface area (Å²) in [6.07, 6.45) is 2.91. The SMILES string of the molecule is CCN1C(CC(=O)O)=CN=Cc2cc(C(=O)O)ccc21. The number of hydrogen-bond donors (Lipinski definition) is 2. The van der Waals surface area contributed by atoms with Gasteiger partial charge in [-0.05, 0) is 25.1 Å². The van der Waals surface area contributed by atoms with Crippen molar-refractivity contribution in [3.63, 3.8) is 0 Å². The van der Waals surface area contributed by atoms with Crippen LogP contribution in [0.2, 0.25) is 0 Å². The van der Waals surface area contributed by atoms with Crippen LogP contribution in [0.1, 0.15) is 29.3 Å². The van der Waals surface area contributed by atoms with E-state index in [1.54, 1.807) is 12.3 Å². The summed E-state index contributed by atoms with van der Waals surface area (Å²) in [4.78, 5) is 27.8. The summed E-state index contributed by atoms with van der Waals surface area (Å²) in [7, 11) is 0. The van der Waals surface area contributed by atoms with Gasteiger partial charge in [-0.3, -0.25) is 9.79 Å². The van der Waals surface area contributed by atoms with Crippen molar-refractivity contribution in [2.45, 2.75) is 13.3 Å². The van der Waals surface area contributed by atoms with Crippen molar-refractivity contribution in [3.8, 4) is 0 Å². The lowest BCUT2D eigenvalue weighted by Crippen LogP contribution is -2.24. The van der Waals surface area contributed by atoms with Gasteiger partial charge in [-0.15, -0.1) is 0 Å². The van der Waals surface area contributed by atoms with Gasteiger partial charge in [-0.1, -0.05) is 0 Å². The van der Waals surface area contributed by atoms with Gasteiger partial charge in [-0.25, -0.2) is 4.79 Å². The van der Waals surface area contributed by atoms with Gasteiger partial charge < -0.3 is 15.1 Å². The van der Waals surface area contributed by atoms with E-state index in [2.05, 4.69) is 4.99 Å². The quantitative estimate of drug-likeness (QED) is 0.875. The maximum absolute atomic E-state index is 11.0. The molecule has 6 heteroatoms. The standard InChI is InChI=1S/C14H14N2O4/c1-2-16-11(6-13(17)18)8-15-7-10-5-9(14(19)20)3-4-12(10)16/h3-5,7-8H,2,6H2,1H3,(H,17,18)(H,19,20). The van der Waals surface area contributed by atoms with Crippen LogP contribution in [0.4, 0.5) is 5.69 Å². The lowest BCUT2D eigenvalue weighted by molar-refractivity contribution is -0.136. The molecule has 1 aromatic carbocycles. The molecule has 2 rings (SSSR count). The summed E-state index contributed by atoms with van der Waals surface area (Å²) in [5.41, 5.74) is 2.15. The number of aliphatic carboxylic acids is 1. The Bertz CT molecular complexity index is 620. The fourth-order valence-corrected chi connectivity index (χ4v) is 2.13. The maximum Gasteiger partial charge on any atom is 0.335 e. The smallest absolute Gasteiger partial charge is 0.335 e. The average Bonchev–Trinajstić information content (AvgIpc) is 2.55. The Kier molecular flexibility index (Phi) is 3.84. The molecule has 0 saturated heterocycles. The van der Waals surface area contributed by atoms with Crippen LogP contribution in [0.3, 0.4) is 0 Å². The van der Waals surface area contributed by atoms with Crippen molar-refractivity contribution in [3.05, 3.63) is 41.2 Å². The van der Waals surface area contributed by atoms with Gasteiger partial charge in [0.1, 0.15) is 0 Å². The van der Waals surface area contributed by atoms with E-state index in [4.69, 9.17) is 10.2 Å². The molecule has 1 aromatic rings. The van der Waals surface area contributed by atoms with E-state index < -0.39 is 11.9 Å². The number of nitrogens with zero attached hydrogens (tertiary/aromatic N) is 2. The Hall–Kier alpha value is -2.63. The Morgan fingerprint density at radius 2 is 2.05 bits per heavy atom. The van der Waals surface area contributed by atoms with E-state index in [0.29, 0.717) is 17.8 Å². The Morgan fingerprint density at radius 1 is 1.30 bits per heavy atom. The van der Waals surface area contributed by atoms with Gasteiger partial charge in [0, 0.05) is 35.9 Å². The first-order valence-electron chi connectivity index (χ1n) is 6.11. The fourth-order valence-electron chi connectivity index (χ4n) is 2.13. The Morgan fingerprint density at radius 3 is 2.65 bits per heavy atom. The molecule has 0 spiro atoms. The minimum Gasteiger partial charge on any atom is -0.481 e. The summed E-state index contributed by atoms with van der Waals surface area (Å²) >= 11 is 0. The van der Waals surface area contributed by atoms with Gasteiger partial charge >= 0.3 is 11.9 Å². The maximum atomic E-state index is 11.0. The molecule has 0 aliphatic carbocycles. The van der Waals surface area contributed by atoms with Crippen LogP contribution in [0.25, 0.3) is 0 Å². The molecule has 0 fully saturated rings. The van der Waals surface area contributed by atoms with Crippen molar-refractivity contribution in [2.24, 2.45) is 4.99 Å². The third-order valence-corrected chi connectivity index (χ3v) is 3.00. The molecular formula is C14H14N2O4. The zero-order valence-corrected chi connectivity index (χ0v) is 10.9. The number of carbonyl (C=O) groups is 2. The molecule has 0 aromatic heterocycles. The highest BCUT2D eigenvalue weighted by Crippen LogP contribution is 2.27. The van der Waals surface area contributed by atoms with Gasteiger partial charge in [0.2, 0.25) is 0 Å². The number of aliphatic imine (C=N–C) groups is 1. The van der Waals surface area contributed by atoms with Crippen molar-refractivity contribution < 1.29 is 19.8 Å². The van der Waals surface area contributed by atoms with E-state index >= 15 is 0 Å². The lowest BCUT2D eigenvalue weighted by atomic mass is 10.1. The molecule has 0 atom stereocenters. The zero-order valence-electron chi connectivity index (χ0n) is 10.9. The molecule has 104 valence electrons. The normalized spacial score (nSPS) is 13.4. The third kappa shape index (κ3) is 2.69. The topological polar surface area (TPSA) is 90.2 Å². The first-order chi connectivity index (χ1) is 9.52. The molecule has 0 amide bonds. The Labute approximate surface area is 115 Å². The molecule has 0 bridgehead atoms. The number of aromatic carboxylic acids is 1. The predicted octanol–water partition coefficient (Wildman–Crippen LogP) is 1.96. The highest BCUT2D eigenvalue weighted by atomic mass is 16.4. The van der Waals surface area contributed by atoms with Gasteiger partial charge in [0.05, 0.1) is 12.0 Å². The van der Waals surface area contributed by atoms with Crippen LogP contribution in [-0.4, -0.2) is 34.9 Å². The minimum absolute atomic E-state index is 0.134. The van der Waals surface area contributed by atoms with E-state index in [-0.39, 0.29) is 12.0 Å². The van der Waals surface area contributed by atoms with E-state index in [0.717, 1.165) is 5.69 Å². The van der Waals surface area contributed by atoms with Crippen LogP contribution in [-0.2, 0) is 4.79 Å². The molecule has 0 unspecified atom stereocenters. The van der Waals surface area contributed by atoms with Crippen LogP contribution in [0.15, 0.2) is 35.1 Å². The zero-order chi connectivity index (χ0) is 14.7. The van der Waals surface area contributed by atoms with Crippen LogP contribution >= 0.6 is 0 Å². The molecule has 0 saturated carbocycles. The average molecular weight is 274 g/mol. The lowest BCUT2D eigenvalue weighted by Gasteiger charge is -2.25. The molecule has 1 heterocycles. The summed E-state index contributed by atoms with van der Waals surface area (Å²) in [6.45, 7) is 2.47. The monoisotopic (exact) mass is 274 g/mol. The molecule has 2 N–H and O–H groups in total. The predicted molar refractivity (Wildman–Crippen MR) is 74.4 cm³/mol. The van der Waals surface area contributed by atoms with Gasteiger partial charge in [0.15, 0.2) is 0 Å². The van der Waals surface area contributed by atoms with E-state index in [9.17, 15) is 9.59 Å². The van der Waals surface area contributed by atoms with Crippen molar-refractivity contribution >= 4 is 23.8 Å². The third-order valence-electron chi connectivity index (χ3n) is 3.00. The summed E-state index contributed by atoms with van der Waals surface area (Å²) in [5, 5.41) is 17.9. The first-order valence-corrected chi connectivity index (χ1v) is 6.11. The molecule has 0 radical (unpaired) electrons. The second kappa shape index (κ2) is 5.56. The molecule has 1 aliphatic rings. The number of benzene rings is 1. The first kappa shape index (κ1) is 13.8. The summed E-state index contributed by atoms with van der Waals surface area (Å²) in [6, 6.07) is 4.71. The number of fused-ring (bicyclic) bond motifs is 1. The van der Waals surface area contributed by atoms with Crippen molar-refractivity contribution in [2.75, 3.05) is 11.4 Å². The van der Waals surface area contributed by atoms with Crippen molar-refractivity contribution in [1.82, 2.24) is 0 Å². The molecule has 1 aliphatic heterocycles. The number of carboxylic acid groups (broad SMARTS) is 2. The number of rotatable bonds is 4. The summed E-state index contributed by atoms with van der Waals surface area (Å²) in [5.74, 6) is -1.94. The number of anilines is 1. The number of carboxylic acids is 2. The van der Waals surface area contributed by atoms with Crippen molar-refractivity contribution in [1.29, 1.82) is 0 Å². The van der Waals surface area contributed by atoms with Crippen LogP contribution in [0.5, 0.6) is 0 Å². The highest BCUT2D eigenvalue weighted by Gasteiger charge is 2.19. The van der Waals surface area contributed by atoms with E-state index in [1.165, 1.54) is 18.3 Å².